The molecule has 0 aliphatic rings. The van der Waals surface area contributed by atoms with Gasteiger partial charge in [0.2, 0.25) is 0 Å². The summed E-state index contributed by atoms with van der Waals surface area (Å²) < 4.78 is 0. The standard InChI is InChI=1S/C6H6.C5H12N2O2/c1-2-4-6-5-3-1;1-2-4(3-6)7-5(8)9/h1-6H;4,7H,2-3,6H2,1H3,(H,8,9). The summed E-state index contributed by atoms with van der Waals surface area (Å²) in [6.07, 6.45) is -0.268. The Morgan fingerprint density at radius 3 is 1.80 bits per heavy atom. The molecule has 0 fully saturated rings. The Bertz CT molecular complexity index is 221. The zero-order valence-electron chi connectivity index (χ0n) is 8.89. The summed E-state index contributed by atoms with van der Waals surface area (Å²) in [5.41, 5.74) is 5.21. The third-order valence-corrected chi connectivity index (χ3v) is 1.77. The van der Waals surface area contributed by atoms with E-state index in [0.29, 0.717) is 6.54 Å². The molecule has 0 radical (unpaired) electrons. The van der Waals surface area contributed by atoms with Crippen molar-refractivity contribution in [3.63, 3.8) is 0 Å². The van der Waals surface area contributed by atoms with E-state index in [9.17, 15) is 4.79 Å². The lowest BCUT2D eigenvalue weighted by molar-refractivity contribution is 0.190. The number of rotatable bonds is 3. The highest BCUT2D eigenvalue weighted by atomic mass is 16.4. The van der Waals surface area contributed by atoms with Crippen LogP contribution in [-0.2, 0) is 0 Å². The molecule has 4 N–H and O–H groups in total. The summed E-state index contributed by atoms with van der Waals surface area (Å²) in [5, 5.41) is 10.5. The first kappa shape index (κ1) is 13.4. The van der Waals surface area contributed by atoms with E-state index >= 15 is 0 Å². The van der Waals surface area contributed by atoms with Crippen LogP contribution in [0, 0.1) is 0 Å². The Balaban J connectivity index is 0.000000280. The molecule has 0 aromatic heterocycles. The zero-order valence-corrected chi connectivity index (χ0v) is 8.89. The largest absolute Gasteiger partial charge is 0.465 e. The summed E-state index contributed by atoms with van der Waals surface area (Å²) in [4.78, 5) is 9.96. The molecule has 4 nitrogen and oxygen atoms in total. The van der Waals surface area contributed by atoms with Crippen molar-refractivity contribution in [1.82, 2.24) is 5.32 Å². The van der Waals surface area contributed by atoms with Crippen molar-refractivity contribution in [2.45, 2.75) is 19.4 Å². The Morgan fingerprint density at radius 1 is 1.27 bits per heavy atom. The fraction of sp³-hybridized carbons (Fsp3) is 0.364. The summed E-state index contributed by atoms with van der Waals surface area (Å²) in [6, 6.07) is 11.9. The van der Waals surface area contributed by atoms with Crippen LogP contribution >= 0.6 is 0 Å². The minimum atomic E-state index is -1.01. The molecule has 1 atom stereocenters. The van der Waals surface area contributed by atoms with Gasteiger partial charge in [-0.3, -0.25) is 0 Å². The predicted molar refractivity (Wildman–Crippen MR) is 60.7 cm³/mol. The molecule has 0 bridgehead atoms. The van der Waals surface area contributed by atoms with Crippen LogP contribution in [0.1, 0.15) is 13.3 Å². The highest BCUT2D eigenvalue weighted by molar-refractivity contribution is 5.64. The van der Waals surface area contributed by atoms with Crippen molar-refractivity contribution in [3.05, 3.63) is 36.4 Å². The maximum atomic E-state index is 9.96. The summed E-state index contributed by atoms with van der Waals surface area (Å²) in [7, 11) is 0. The van der Waals surface area contributed by atoms with Crippen molar-refractivity contribution >= 4 is 6.09 Å². The molecule has 0 spiro atoms. The van der Waals surface area contributed by atoms with Gasteiger partial charge < -0.3 is 16.2 Å². The molecule has 0 aliphatic carbocycles. The van der Waals surface area contributed by atoms with E-state index in [1.165, 1.54) is 0 Å². The Morgan fingerprint density at radius 2 is 1.67 bits per heavy atom. The molecule has 15 heavy (non-hydrogen) atoms. The number of hydrogen-bond acceptors (Lipinski definition) is 2. The Kier molecular flexibility index (Phi) is 8.09. The van der Waals surface area contributed by atoms with E-state index in [1.807, 2.05) is 43.3 Å². The lowest BCUT2D eigenvalue weighted by Crippen LogP contribution is -2.38. The fourth-order valence-electron chi connectivity index (χ4n) is 0.887. The third-order valence-electron chi connectivity index (χ3n) is 1.77. The van der Waals surface area contributed by atoms with Crippen molar-refractivity contribution in [3.8, 4) is 0 Å². The predicted octanol–water partition coefficient (Wildman–Crippen LogP) is 1.68. The number of carbonyl (C=O) groups is 1. The van der Waals surface area contributed by atoms with Crippen LogP contribution in [-0.4, -0.2) is 23.8 Å². The molecule has 1 aromatic carbocycles. The van der Waals surface area contributed by atoms with Crippen molar-refractivity contribution in [2.24, 2.45) is 5.73 Å². The highest BCUT2D eigenvalue weighted by Crippen LogP contribution is 1.85. The van der Waals surface area contributed by atoms with Gasteiger partial charge in [-0.15, -0.1) is 0 Å². The van der Waals surface area contributed by atoms with Crippen molar-refractivity contribution < 1.29 is 9.90 Å². The molecule has 4 heteroatoms. The summed E-state index contributed by atoms with van der Waals surface area (Å²) in [5.74, 6) is 0. The van der Waals surface area contributed by atoms with E-state index in [-0.39, 0.29) is 6.04 Å². The molecule has 0 heterocycles. The zero-order chi connectivity index (χ0) is 11.5. The number of nitrogens with one attached hydrogen (secondary N) is 1. The first-order valence-corrected chi connectivity index (χ1v) is 4.90. The first-order chi connectivity index (χ1) is 7.20. The van der Waals surface area contributed by atoms with E-state index in [1.54, 1.807) is 0 Å². The second kappa shape index (κ2) is 9.02. The van der Waals surface area contributed by atoms with E-state index in [0.717, 1.165) is 6.42 Å². The van der Waals surface area contributed by atoms with Crippen LogP contribution in [0.3, 0.4) is 0 Å². The average Bonchev–Trinajstić information content (AvgIpc) is 2.29. The van der Waals surface area contributed by atoms with Gasteiger partial charge in [-0.2, -0.15) is 0 Å². The number of benzene rings is 1. The van der Waals surface area contributed by atoms with Gasteiger partial charge in [-0.05, 0) is 6.42 Å². The van der Waals surface area contributed by atoms with E-state index in [4.69, 9.17) is 10.8 Å². The molecule has 1 rings (SSSR count). The molecular formula is C11H18N2O2. The number of amides is 1. The highest BCUT2D eigenvalue weighted by Gasteiger charge is 2.04. The summed E-state index contributed by atoms with van der Waals surface area (Å²) in [6.45, 7) is 2.25. The van der Waals surface area contributed by atoms with Crippen LogP contribution in [0.4, 0.5) is 4.79 Å². The average molecular weight is 210 g/mol. The van der Waals surface area contributed by atoms with Gasteiger partial charge in [0.15, 0.2) is 0 Å². The molecule has 0 saturated heterocycles. The monoisotopic (exact) mass is 210 g/mol. The van der Waals surface area contributed by atoms with Gasteiger partial charge in [0.05, 0.1) is 0 Å². The second-order valence-electron chi connectivity index (χ2n) is 2.95. The molecule has 0 saturated carbocycles. The lowest BCUT2D eigenvalue weighted by Gasteiger charge is -2.10. The van der Waals surface area contributed by atoms with Gasteiger partial charge in [-0.25, -0.2) is 4.79 Å². The van der Waals surface area contributed by atoms with Gasteiger partial charge in [0.25, 0.3) is 0 Å². The smallest absolute Gasteiger partial charge is 0.404 e. The number of nitrogens with two attached hydrogens (primary N) is 1. The molecule has 84 valence electrons. The SMILES string of the molecule is CCC(CN)NC(=O)O.c1ccccc1. The fourth-order valence-corrected chi connectivity index (χ4v) is 0.887. The molecule has 0 aliphatic heterocycles. The molecule has 1 amide bonds. The maximum Gasteiger partial charge on any atom is 0.404 e. The number of hydrogen-bond donors (Lipinski definition) is 3. The van der Waals surface area contributed by atoms with Crippen LogP contribution in [0.5, 0.6) is 0 Å². The number of carboxylic acid groups (broad SMARTS) is 1. The van der Waals surface area contributed by atoms with Gasteiger partial charge in [0, 0.05) is 12.6 Å². The van der Waals surface area contributed by atoms with Gasteiger partial charge in [-0.1, -0.05) is 43.3 Å². The molecule has 1 unspecified atom stereocenters. The Hall–Kier alpha value is -1.55. The van der Waals surface area contributed by atoms with Gasteiger partial charge >= 0.3 is 6.09 Å². The lowest BCUT2D eigenvalue weighted by atomic mass is 10.2. The van der Waals surface area contributed by atoms with Gasteiger partial charge in [0.1, 0.15) is 0 Å². The van der Waals surface area contributed by atoms with E-state index < -0.39 is 6.09 Å². The van der Waals surface area contributed by atoms with Crippen LogP contribution in [0.25, 0.3) is 0 Å². The second-order valence-corrected chi connectivity index (χ2v) is 2.95. The molecule has 1 aromatic rings. The molecular weight excluding hydrogens is 192 g/mol. The van der Waals surface area contributed by atoms with Crippen molar-refractivity contribution in [1.29, 1.82) is 0 Å². The maximum absolute atomic E-state index is 9.96. The normalized spacial score (nSPS) is 10.8. The Labute approximate surface area is 90.1 Å². The van der Waals surface area contributed by atoms with Crippen LogP contribution in [0.15, 0.2) is 36.4 Å². The third kappa shape index (κ3) is 8.77. The topological polar surface area (TPSA) is 75.3 Å². The van der Waals surface area contributed by atoms with Crippen molar-refractivity contribution in [2.75, 3.05) is 6.54 Å². The van der Waals surface area contributed by atoms with E-state index in [2.05, 4.69) is 5.32 Å². The van der Waals surface area contributed by atoms with Crippen LogP contribution < -0.4 is 11.1 Å². The summed E-state index contributed by atoms with van der Waals surface area (Å²) >= 11 is 0. The van der Waals surface area contributed by atoms with Crippen LogP contribution in [0.2, 0.25) is 0 Å². The first-order valence-electron chi connectivity index (χ1n) is 4.90. The minimum Gasteiger partial charge on any atom is -0.465 e. The minimum absolute atomic E-state index is 0.0949. The quantitative estimate of drug-likeness (QED) is 0.710.